The van der Waals surface area contributed by atoms with Gasteiger partial charge in [-0.3, -0.25) is 14.9 Å². The average molecular weight is 326 g/mol. The third-order valence-corrected chi connectivity index (χ3v) is 3.32. The highest BCUT2D eigenvalue weighted by molar-refractivity contribution is 6.39. The van der Waals surface area contributed by atoms with Gasteiger partial charge < -0.3 is 11.1 Å². The number of nitrogens with two attached hydrogens (primary N) is 1. The second-order valence-corrected chi connectivity index (χ2v) is 4.90. The molecule has 8 heteroatoms. The van der Waals surface area contributed by atoms with Crippen LogP contribution in [0.15, 0.2) is 36.4 Å². The molecule has 0 bridgehead atoms. The predicted octanol–water partition coefficient (Wildman–Crippen LogP) is 3.74. The number of carbonyl (C=O) groups excluding carboxylic acids is 1. The van der Waals surface area contributed by atoms with Crippen LogP contribution in [-0.4, -0.2) is 10.8 Å². The Morgan fingerprint density at radius 1 is 1.19 bits per heavy atom. The van der Waals surface area contributed by atoms with Crippen LogP contribution in [0.3, 0.4) is 0 Å². The molecule has 6 nitrogen and oxygen atoms in total. The number of rotatable bonds is 3. The number of benzene rings is 2. The van der Waals surface area contributed by atoms with Crippen LogP contribution in [-0.2, 0) is 0 Å². The quantitative estimate of drug-likeness (QED) is 0.510. The lowest BCUT2D eigenvalue weighted by Gasteiger charge is -2.08. The Morgan fingerprint density at radius 3 is 2.33 bits per heavy atom. The summed E-state index contributed by atoms with van der Waals surface area (Å²) in [7, 11) is 0. The van der Waals surface area contributed by atoms with Crippen molar-refractivity contribution in [2.75, 3.05) is 11.1 Å². The molecule has 0 saturated carbocycles. The molecule has 2 aromatic carbocycles. The van der Waals surface area contributed by atoms with Gasteiger partial charge in [0.05, 0.1) is 20.7 Å². The molecule has 0 heterocycles. The van der Waals surface area contributed by atoms with Gasteiger partial charge in [-0.1, -0.05) is 35.3 Å². The molecule has 21 heavy (non-hydrogen) atoms. The number of hydrogen-bond acceptors (Lipinski definition) is 4. The minimum Gasteiger partial charge on any atom is -0.396 e. The molecule has 0 unspecified atom stereocenters. The maximum atomic E-state index is 12.1. The molecule has 0 radical (unpaired) electrons. The van der Waals surface area contributed by atoms with Gasteiger partial charge in [-0.05, 0) is 18.2 Å². The number of nitro groups is 1. The van der Waals surface area contributed by atoms with Gasteiger partial charge in [-0.15, -0.1) is 0 Å². The summed E-state index contributed by atoms with van der Waals surface area (Å²) in [6.45, 7) is 0. The Labute approximate surface area is 129 Å². The van der Waals surface area contributed by atoms with E-state index in [1.807, 2.05) is 0 Å². The number of halogens is 2. The number of amides is 1. The van der Waals surface area contributed by atoms with Crippen LogP contribution in [0.1, 0.15) is 10.4 Å². The van der Waals surface area contributed by atoms with Crippen LogP contribution < -0.4 is 11.1 Å². The fraction of sp³-hybridized carbons (Fsp3) is 0. The highest BCUT2D eigenvalue weighted by Gasteiger charge is 2.17. The summed E-state index contributed by atoms with van der Waals surface area (Å²) in [5, 5.41) is 13.6. The zero-order chi connectivity index (χ0) is 15.6. The number of nitro benzene ring substituents is 1. The molecule has 0 fully saturated rings. The summed E-state index contributed by atoms with van der Waals surface area (Å²) < 4.78 is 0. The molecule has 0 aliphatic rings. The SMILES string of the molecule is Nc1c(Cl)cc(C(=O)Nc2ccccc2[N+](=O)[O-])cc1Cl. The van der Waals surface area contributed by atoms with Crippen molar-refractivity contribution in [3.05, 3.63) is 62.1 Å². The molecule has 0 spiro atoms. The highest BCUT2D eigenvalue weighted by atomic mass is 35.5. The van der Waals surface area contributed by atoms with Crippen LogP contribution in [0, 0.1) is 10.1 Å². The molecule has 0 saturated heterocycles. The minimum absolute atomic E-state index is 0.0802. The van der Waals surface area contributed by atoms with Gasteiger partial charge in [0.15, 0.2) is 0 Å². The Bertz CT molecular complexity index is 711. The van der Waals surface area contributed by atoms with E-state index in [9.17, 15) is 14.9 Å². The molecular weight excluding hydrogens is 317 g/mol. The first-order valence-electron chi connectivity index (χ1n) is 5.69. The fourth-order valence-corrected chi connectivity index (χ4v) is 2.14. The van der Waals surface area contributed by atoms with Crippen LogP contribution in [0.2, 0.25) is 10.0 Å². The van der Waals surface area contributed by atoms with Gasteiger partial charge in [0.2, 0.25) is 0 Å². The van der Waals surface area contributed by atoms with Crippen molar-refractivity contribution in [3.8, 4) is 0 Å². The summed E-state index contributed by atoms with van der Waals surface area (Å²) in [6.07, 6.45) is 0. The molecule has 0 aliphatic carbocycles. The lowest BCUT2D eigenvalue weighted by Crippen LogP contribution is -2.13. The van der Waals surface area contributed by atoms with Crippen LogP contribution in [0.5, 0.6) is 0 Å². The number of nitrogens with one attached hydrogen (secondary N) is 1. The van der Waals surface area contributed by atoms with Crippen molar-refractivity contribution < 1.29 is 9.72 Å². The summed E-state index contributed by atoms with van der Waals surface area (Å²) in [5.74, 6) is -0.576. The normalized spacial score (nSPS) is 10.2. The predicted molar refractivity (Wildman–Crippen MR) is 81.9 cm³/mol. The van der Waals surface area contributed by atoms with Crippen molar-refractivity contribution in [1.29, 1.82) is 0 Å². The average Bonchev–Trinajstić information content (AvgIpc) is 2.44. The molecule has 2 rings (SSSR count). The highest BCUT2D eigenvalue weighted by Crippen LogP contribution is 2.30. The molecular formula is C13H9Cl2N3O3. The van der Waals surface area contributed by atoms with Gasteiger partial charge in [-0.25, -0.2) is 0 Å². The Hall–Kier alpha value is -2.31. The molecule has 1 amide bonds. The number of nitrogen functional groups attached to an aromatic ring is 1. The zero-order valence-corrected chi connectivity index (χ0v) is 12.0. The first-order chi connectivity index (χ1) is 9.90. The maximum Gasteiger partial charge on any atom is 0.292 e. The number of hydrogen-bond donors (Lipinski definition) is 2. The standard InChI is InChI=1S/C13H9Cl2N3O3/c14-8-5-7(6-9(15)12(8)16)13(19)17-10-3-1-2-4-11(10)18(20)21/h1-6H,16H2,(H,17,19). The van der Waals surface area contributed by atoms with E-state index in [-0.39, 0.29) is 32.7 Å². The lowest BCUT2D eigenvalue weighted by molar-refractivity contribution is -0.383. The van der Waals surface area contributed by atoms with E-state index in [4.69, 9.17) is 28.9 Å². The topological polar surface area (TPSA) is 98.3 Å². The number of anilines is 2. The van der Waals surface area contributed by atoms with E-state index in [1.165, 1.54) is 30.3 Å². The van der Waals surface area contributed by atoms with Gasteiger partial charge >= 0.3 is 0 Å². The molecule has 2 aromatic rings. The fourth-order valence-electron chi connectivity index (χ4n) is 1.65. The number of para-hydroxylation sites is 2. The minimum atomic E-state index is -0.585. The molecule has 0 aromatic heterocycles. The van der Waals surface area contributed by atoms with Crippen molar-refractivity contribution >= 4 is 46.2 Å². The summed E-state index contributed by atoms with van der Waals surface area (Å²) >= 11 is 11.7. The van der Waals surface area contributed by atoms with E-state index >= 15 is 0 Å². The molecule has 3 N–H and O–H groups in total. The van der Waals surface area contributed by atoms with Gasteiger partial charge in [0.25, 0.3) is 11.6 Å². The summed E-state index contributed by atoms with van der Waals surface area (Å²) in [6, 6.07) is 8.48. The molecule has 108 valence electrons. The van der Waals surface area contributed by atoms with Crippen LogP contribution in [0.4, 0.5) is 17.1 Å². The van der Waals surface area contributed by atoms with Crippen LogP contribution >= 0.6 is 23.2 Å². The Morgan fingerprint density at radius 2 is 1.76 bits per heavy atom. The van der Waals surface area contributed by atoms with Gasteiger partial charge in [-0.2, -0.15) is 0 Å². The van der Waals surface area contributed by atoms with Crippen molar-refractivity contribution in [1.82, 2.24) is 0 Å². The maximum absolute atomic E-state index is 12.1. The second-order valence-electron chi connectivity index (χ2n) is 4.08. The first kappa shape index (κ1) is 15.1. The summed E-state index contributed by atoms with van der Waals surface area (Å²) in [5.41, 5.74) is 5.77. The van der Waals surface area contributed by atoms with E-state index in [0.29, 0.717) is 0 Å². The van der Waals surface area contributed by atoms with Gasteiger partial charge in [0.1, 0.15) is 5.69 Å². The Balaban J connectivity index is 2.33. The van der Waals surface area contributed by atoms with E-state index in [1.54, 1.807) is 6.07 Å². The third-order valence-electron chi connectivity index (χ3n) is 2.69. The number of nitrogens with zero attached hydrogens (tertiary/aromatic N) is 1. The van der Waals surface area contributed by atoms with E-state index in [0.717, 1.165) is 0 Å². The van der Waals surface area contributed by atoms with Crippen molar-refractivity contribution in [2.24, 2.45) is 0 Å². The van der Waals surface area contributed by atoms with Crippen molar-refractivity contribution in [2.45, 2.75) is 0 Å². The zero-order valence-electron chi connectivity index (χ0n) is 10.5. The monoisotopic (exact) mass is 325 g/mol. The lowest BCUT2D eigenvalue weighted by atomic mass is 10.2. The van der Waals surface area contributed by atoms with Gasteiger partial charge in [0, 0.05) is 11.6 Å². The van der Waals surface area contributed by atoms with Crippen LogP contribution in [0.25, 0.3) is 0 Å². The third kappa shape index (κ3) is 3.24. The smallest absolute Gasteiger partial charge is 0.292 e. The number of carbonyl (C=O) groups is 1. The summed E-state index contributed by atoms with van der Waals surface area (Å²) in [4.78, 5) is 22.4. The van der Waals surface area contributed by atoms with E-state index in [2.05, 4.69) is 5.32 Å². The second kappa shape index (κ2) is 5.99. The Kier molecular flexibility index (Phi) is 4.30. The molecule has 0 atom stereocenters. The largest absolute Gasteiger partial charge is 0.396 e. The first-order valence-corrected chi connectivity index (χ1v) is 6.45. The molecule has 0 aliphatic heterocycles. The van der Waals surface area contributed by atoms with Crippen molar-refractivity contribution in [3.63, 3.8) is 0 Å². The van der Waals surface area contributed by atoms with E-state index < -0.39 is 10.8 Å².